The second-order valence-corrected chi connectivity index (χ2v) is 6.94. The van der Waals surface area contributed by atoms with Gasteiger partial charge in [-0.2, -0.15) is 0 Å². The molecule has 1 amide bonds. The molecule has 2 fully saturated rings. The SMILES string of the molecule is CCCN(CCC)c1ccncc1C1COCC(=O)N1CC1CC1. The summed E-state index contributed by atoms with van der Waals surface area (Å²) in [5.74, 6) is 0.794. The normalized spacial score (nSPS) is 21.2. The number of pyridine rings is 1. The van der Waals surface area contributed by atoms with Crippen molar-refractivity contribution in [1.29, 1.82) is 0 Å². The monoisotopic (exact) mass is 331 g/mol. The molecule has 0 bridgehead atoms. The summed E-state index contributed by atoms with van der Waals surface area (Å²) in [6, 6.07) is 2.08. The van der Waals surface area contributed by atoms with Gasteiger partial charge in [0.05, 0.1) is 12.6 Å². The van der Waals surface area contributed by atoms with Gasteiger partial charge in [0.2, 0.25) is 5.91 Å². The third-order valence-corrected chi connectivity index (χ3v) is 4.86. The van der Waals surface area contributed by atoms with E-state index in [-0.39, 0.29) is 18.6 Å². The fourth-order valence-electron chi connectivity index (χ4n) is 3.51. The molecule has 1 unspecified atom stereocenters. The number of hydrogen-bond acceptors (Lipinski definition) is 4. The van der Waals surface area contributed by atoms with E-state index in [0.29, 0.717) is 12.5 Å². The molecular formula is C19H29N3O2. The first-order valence-corrected chi connectivity index (χ1v) is 9.30. The van der Waals surface area contributed by atoms with Crippen LogP contribution in [-0.2, 0) is 9.53 Å². The van der Waals surface area contributed by atoms with E-state index in [1.54, 1.807) is 0 Å². The van der Waals surface area contributed by atoms with Crippen LogP contribution < -0.4 is 4.90 Å². The number of carbonyl (C=O) groups is 1. The van der Waals surface area contributed by atoms with Gasteiger partial charge in [-0.25, -0.2) is 0 Å². The topological polar surface area (TPSA) is 45.7 Å². The maximum Gasteiger partial charge on any atom is 0.249 e. The Morgan fingerprint density at radius 3 is 2.71 bits per heavy atom. The van der Waals surface area contributed by atoms with Crippen LogP contribution in [0.15, 0.2) is 18.5 Å². The zero-order chi connectivity index (χ0) is 16.9. The number of hydrogen-bond donors (Lipinski definition) is 0. The number of amides is 1. The molecule has 2 aliphatic rings. The van der Waals surface area contributed by atoms with Crippen molar-refractivity contribution >= 4 is 11.6 Å². The van der Waals surface area contributed by atoms with E-state index in [4.69, 9.17) is 4.74 Å². The molecule has 1 aromatic heterocycles. The van der Waals surface area contributed by atoms with E-state index in [0.717, 1.165) is 38.0 Å². The van der Waals surface area contributed by atoms with Gasteiger partial charge >= 0.3 is 0 Å². The zero-order valence-electron chi connectivity index (χ0n) is 14.9. The third-order valence-electron chi connectivity index (χ3n) is 4.86. The summed E-state index contributed by atoms with van der Waals surface area (Å²) in [4.78, 5) is 21.3. The molecule has 0 spiro atoms. The lowest BCUT2D eigenvalue weighted by atomic mass is 10.0. The highest BCUT2D eigenvalue weighted by Crippen LogP contribution is 2.36. The molecule has 0 aromatic carbocycles. The van der Waals surface area contributed by atoms with Crippen molar-refractivity contribution < 1.29 is 9.53 Å². The van der Waals surface area contributed by atoms with E-state index in [1.165, 1.54) is 18.5 Å². The Morgan fingerprint density at radius 2 is 2.04 bits per heavy atom. The van der Waals surface area contributed by atoms with Crippen LogP contribution in [0.5, 0.6) is 0 Å². The second-order valence-electron chi connectivity index (χ2n) is 6.94. The van der Waals surface area contributed by atoms with Gasteiger partial charge in [-0.3, -0.25) is 9.78 Å². The van der Waals surface area contributed by atoms with Crippen LogP contribution >= 0.6 is 0 Å². The Kier molecular flexibility index (Phi) is 5.72. The van der Waals surface area contributed by atoms with Crippen molar-refractivity contribution in [2.24, 2.45) is 5.92 Å². The van der Waals surface area contributed by atoms with E-state index in [2.05, 4.69) is 29.8 Å². The molecule has 0 radical (unpaired) electrons. The number of rotatable bonds is 8. The number of nitrogens with zero attached hydrogens (tertiary/aromatic N) is 3. The summed E-state index contributed by atoms with van der Waals surface area (Å²) in [5, 5.41) is 0. The maximum atomic E-state index is 12.4. The third kappa shape index (κ3) is 3.89. The van der Waals surface area contributed by atoms with Gasteiger partial charge in [0, 0.05) is 43.3 Å². The minimum absolute atomic E-state index is 0.00763. The van der Waals surface area contributed by atoms with Gasteiger partial charge in [-0.1, -0.05) is 13.8 Å². The Balaban J connectivity index is 1.89. The Hall–Kier alpha value is -1.62. The van der Waals surface area contributed by atoms with Crippen molar-refractivity contribution in [1.82, 2.24) is 9.88 Å². The van der Waals surface area contributed by atoms with Crippen LogP contribution in [0.3, 0.4) is 0 Å². The summed E-state index contributed by atoms with van der Waals surface area (Å²) < 4.78 is 5.60. The Morgan fingerprint density at radius 1 is 1.29 bits per heavy atom. The predicted molar refractivity (Wildman–Crippen MR) is 95.0 cm³/mol. The molecule has 5 nitrogen and oxygen atoms in total. The molecule has 1 aromatic rings. The quantitative estimate of drug-likeness (QED) is 0.734. The molecule has 5 heteroatoms. The number of aromatic nitrogens is 1. The van der Waals surface area contributed by atoms with Crippen LogP contribution in [-0.4, -0.2) is 48.6 Å². The number of anilines is 1. The molecular weight excluding hydrogens is 302 g/mol. The van der Waals surface area contributed by atoms with Crippen LogP contribution in [0.25, 0.3) is 0 Å². The smallest absolute Gasteiger partial charge is 0.249 e. The molecule has 1 saturated heterocycles. The lowest BCUT2D eigenvalue weighted by molar-refractivity contribution is -0.148. The van der Waals surface area contributed by atoms with Crippen molar-refractivity contribution in [2.45, 2.75) is 45.6 Å². The number of carbonyl (C=O) groups excluding carboxylic acids is 1. The average molecular weight is 331 g/mol. The van der Waals surface area contributed by atoms with E-state index in [1.807, 2.05) is 17.3 Å². The molecule has 1 aliphatic heterocycles. The summed E-state index contributed by atoms with van der Waals surface area (Å²) in [5.41, 5.74) is 2.34. The molecule has 24 heavy (non-hydrogen) atoms. The molecule has 1 aliphatic carbocycles. The summed E-state index contributed by atoms with van der Waals surface area (Å²) in [6.45, 7) is 8.11. The minimum Gasteiger partial charge on any atom is -0.371 e. The van der Waals surface area contributed by atoms with E-state index >= 15 is 0 Å². The predicted octanol–water partition coefficient (Wildman–Crippen LogP) is 3.02. The maximum absolute atomic E-state index is 12.4. The van der Waals surface area contributed by atoms with Crippen LogP contribution in [0.2, 0.25) is 0 Å². The van der Waals surface area contributed by atoms with Gasteiger partial charge in [0.25, 0.3) is 0 Å². The lowest BCUT2D eigenvalue weighted by Crippen LogP contribution is -2.45. The van der Waals surface area contributed by atoms with Crippen LogP contribution in [0.4, 0.5) is 5.69 Å². The first-order chi connectivity index (χ1) is 11.7. The average Bonchev–Trinajstić information content (AvgIpc) is 3.41. The fourth-order valence-corrected chi connectivity index (χ4v) is 3.51. The molecule has 132 valence electrons. The standard InChI is InChI=1S/C19H29N3O2/c1-3-9-21(10-4-2)17-7-8-20-11-16(17)18-13-24-14-19(23)22(18)12-15-5-6-15/h7-8,11,15,18H,3-6,9-10,12-14H2,1-2H3. The van der Waals surface area contributed by atoms with Crippen LogP contribution in [0, 0.1) is 5.92 Å². The highest BCUT2D eigenvalue weighted by atomic mass is 16.5. The number of morpholine rings is 1. The Bertz CT molecular complexity index is 553. The van der Waals surface area contributed by atoms with Crippen LogP contribution in [0.1, 0.15) is 51.1 Å². The van der Waals surface area contributed by atoms with Crippen molar-refractivity contribution in [3.8, 4) is 0 Å². The summed E-state index contributed by atoms with van der Waals surface area (Å²) in [6.07, 6.45) is 8.49. The van der Waals surface area contributed by atoms with Gasteiger partial charge in [-0.15, -0.1) is 0 Å². The minimum atomic E-state index is -0.00763. The fraction of sp³-hybridized carbons (Fsp3) is 0.684. The molecule has 1 atom stereocenters. The molecule has 3 rings (SSSR count). The van der Waals surface area contributed by atoms with Crippen molar-refractivity contribution in [3.63, 3.8) is 0 Å². The lowest BCUT2D eigenvalue weighted by Gasteiger charge is -2.38. The largest absolute Gasteiger partial charge is 0.371 e. The van der Waals surface area contributed by atoms with E-state index < -0.39 is 0 Å². The molecule has 1 saturated carbocycles. The van der Waals surface area contributed by atoms with E-state index in [9.17, 15) is 4.79 Å². The van der Waals surface area contributed by atoms with Gasteiger partial charge < -0.3 is 14.5 Å². The highest BCUT2D eigenvalue weighted by molar-refractivity contribution is 5.79. The molecule has 2 heterocycles. The second kappa shape index (κ2) is 7.97. The zero-order valence-corrected chi connectivity index (χ0v) is 14.9. The Labute approximate surface area is 145 Å². The first-order valence-electron chi connectivity index (χ1n) is 9.30. The van der Waals surface area contributed by atoms with Gasteiger partial charge in [-0.05, 0) is 37.7 Å². The highest BCUT2D eigenvalue weighted by Gasteiger charge is 2.36. The summed E-state index contributed by atoms with van der Waals surface area (Å²) in [7, 11) is 0. The number of ether oxygens (including phenoxy) is 1. The van der Waals surface area contributed by atoms with Gasteiger partial charge in [0.15, 0.2) is 0 Å². The first kappa shape index (κ1) is 17.2. The molecule has 0 N–H and O–H groups in total. The summed E-state index contributed by atoms with van der Waals surface area (Å²) >= 11 is 0. The van der Waals surface area contributed by atoms with Crippen molar-refractivity contribution in [3.05, 3.63) is 24.0 Å². The van der Waals surface area contributed by atoms with Crippen molar-refractivity contribution in [2.75, 3.05) is 37.7 Å². The van der Waals surface area contributed by atoms with Gasteiger partial charge in [0.1, 0.15) is 6.61 Å².